The van der Waals surface area contributed by atoms with Crippen molar-refractivity contribution >= 4 is 11.8 Å². The molecule has 2 aliphatic heterocycles. The molecule has 142 valence electrons. The summed E-state index contributed by atoms with van der Waals surface area (Å²) in [4.78, 5) is 46.2. The normalized spacial score (nSPS) is 24.6. The van der Waals surface area contributed by atoms with Crippen LogP contribution in [0.1, 0.15) is 35.8 Å². The predicted octanol–water partition coefficient (Wildman–Crippen LogP) is 0.700. The molecule has 7 nitrogen and oxygen atoms in total. The lowest BCUT2D eigenvalue weighted by atomic mass is 9.88. The number of carbonyl (C=O) groups excluding carboxylic acids is 2. The first kappa shape index (κ1) is 18.6. The Hall–Kier alpha value is -2.15. The SMILES string of the molecule is Cc1ccc(C(=O)N2CCCN(C(=O)C3(C)CCN(C)C3)CC2)c(=O)[nH]1. The highest BCUT2D eigenvalue weighted by molar-refractivity contribution is 5.94. The van der Waals surface area contributed by atoms with E-state index in [1.54, 1.807) is 24.0 Å². The topological polar surface area (TPSA) is 76.7 Å². The third-order valence-corrected chi connectivity index (χ3v) is 5.54. The van der Waals surface area contributed by atoms with Gasteiger partial charge in [-0.1, -0.05) is 0 Å². The molecule has 1 N–H and O–H groups in total. The van der Waals surface area contributed by atoms with Gasteiger partial charge in [-0.05, 0) is 52.4 Å². The summed E-state index contributed by atoms with van der Waals surface area (Å²) in [6, 6.07) is 3.32. The average Bonchev–Trinajstić information content (AvgIpc) is 2.81. The van der Waals surface area contributed by atoms with Crippen LogP contribution in [0.25, 0.3) is 0 Å². The van der Waals surface area contributed by atoms with Crippen LogP contribution in [0.5, 0.6) is 0 Å². The van der Waals surface area contributed by atoms with Crippen molar-refractivity contribution in [3.05, 3.63) is 33.7 Å². The van der Waals surface area contributed by atoms with E-state index in [-0.39, 0.29) is 28.4 Å². The number of likely N-dealkylation sites (tertiary alicyclic amines) is 1. The van der Waals surface area contributed by atoms with Gasteiger partial charge >= 0.3 is 0 Å². The van der Waals surface area contributed by atoms with Crippen LogP contribution in [0, 0.1) is 12.3 Å². The number of aryl methyl sites for hydroxylation is 1. The van der Waals surface area contributed by atoms with Crippen LogP contribution in [0.3, 0.4) is 0 Å². The van der Waals surface area contributed by atoms with E-state index in [0.717, 1.165) is 31.6 Å². The number of rotatable bonds is 2. The first-order valence-electron chi connectivity index (χ1n) is 9.27. The van der Waals surface area contributed by atoms with E-state index in [9.17, 15) is 14.4 Å². The number of aromatic nitrogens is 1. The zero-order valence-corrected chi connectivity index (χ0v) is 15.9. The fourth-order valence-corrected chi connectivity index (χ4v) is 3.98. The Labute approximate surface area is 154 Å². The van der Waals surface area contributed by atoms with E-state index in [0.29, 0.717) is 26.2 Å². The summed E-state index contributed by atoms with van der Waals surface area (Å²) in [6.45, 7) is 7.75. The molecule has 2 aliphatic rings. The van der Waals surface area contributed by atoms with Gasteiger partial charge in [-0.15, -0.1) is 0 Å². The minimum absolute atomic E-state index is 0.166. The lowest BCUT2D eigenvalue weighted by molar-refractivity contribution is -0.140. The second kappa shape index (κ2) is 7.23. The zero-order valence-electron chi connectivity index (χ0n) is 15.9. The van der Waals surface area contributed by atoms with Gasteiger partial charge in [-0.25, -0.2) is 0 Å². The summed E-state index contributed by atoms with van der Waals surface area (Å²) in [5, 5.41) is 0. The monoisotopic (exact) mass is 360 g/mol. The van der Waals surface area contributed by atoms with Crippen LogP contribution >= 0.6 is 0 Å². The van der Waals surface area contributed by atoms with Gasteiger partial charge in [-0.2, -0.15) is 0 Å². The zero-order chi connectivity index (χ0) is 18.9. The summed E-state index contributed by atoms with van der Waals surface area (Å²) in [5.74, 6) is -0.0725. The van der Waals surface area contributed by atoms with Gasteiger partial charge in [0, 0.05) is 38.4 Å². The molecule has 1 atom stereocenters. The van der Waals surface area contributed by atoms with Gasteiger partial charge in [0.2, 0.25) is 5.91 Å². The smallest absolute Gasteiger partial charge is 0.260 e. The van der Waals surface area contributed by atoms with Crippen molar-refractivity contribution in [2.45, 2.75) is 26.7 Å². The van der Waals surface area contributed by atoms with E-state index in [1.165, 1.54) is 0 Å². The van der Waals surface area contributed by atoms with Crippen molar-refractivity contribution in [1.82, 2.24) is 19.7 Å². The summed E-state index contributed by atoms with van der Waals surface area (Å²) >= 11 is 0. The highest BCUT2D eigenvalue weighted by Gasteiger charge is 2.41. The third-order valence-electron chi connectivity index (χ3n) is 5.54. The molecule has 3 rings (SSSR count). The maximum atomic E-state index is 13.0. The summed E-state index contributed by atoms with van der Waals surface area (Å²) in [7, 11) is 2.04. The molecule has 0 aliphatic carbocycles. The Kier molecular flexibility index (Phi) is 5.18. The molecule has 3 heterocycles. The predicted molar refractivity (Wildman–Crippen MR) is 99.1 cm³/mol. The molecule has 2 amide bonds. The lowest BCUT2D eigenvalue weighted by Crippen LogP contribution is -2.45. The van der Waals surface area contributed by atoms with E-state index in [2.05, 4.69) is 9.88 Å². The molecule has 1 aromatic rings. The van der Waals surface area contributed by atoms with Crippen LogP contribution < -0.4 is 5.56 Å². The summed E-state index contributed by atoms with van der Waals surface area (Å²) in [5.41, 5.74) is 0.213. The van der Waals surface area contributed by atoms with Crippen LogP contribution in [-0.2, 0) is 4.79 Å². The molecule has 2 saturated heterocycles. The van der Waals surface area contributed by atoms with Gasteiger partial charge in [0.25, 0.3) is 11.5 Å². The summed E-state index contributed by atoms with van der Waals surface area (Å²) in [6.07, 6.45) is 1.60. The summed E-state index contributed by atoms with van der Waals surface area (Å²) < 4.78 is 0. The quantitative estimate of drug-likeness (QED) is 0.842. The lowest BCUT2D eigenvalue weighted by Gasteiger charge is -2.31. The van der Waals surface area contributed by atoms with E-state index < -0.39 is 0 Å². The number of hydrogen-bond donors (Lipinski definition) is 1. The Balaban J connectivity index is 1.67. The maximum Gasteiger partial charge on any atom is 0.260 e. The van der Waals surface area contributed by atoms with Gasteiger partial charge in [0.1, 0.15) is 5.56 Å². The van der Waals surface area contributed by atoms with Crippen molar-refractivity contribution in [3.8, 4) is 0 Å². The molecule has 0 bridgehead atoms. The van der Waals surface area contributed by atoms with Crippen molar-refractivity contribution in [1.29, 1.82) is 0 Å². The fourth-order valence-electron chi connectivity index (χ4n) is 3.98. The second-order valence-electron chi connectivity index (χ2n) is 7.87. The highest BCUT2D eigenvalue weighted by atomic mass is 16.2. The number of nitrogens with one attached hydrogen (secondary N) is 1. The Morgan fingerprint density at radius 1 is 1.08 bits per heavy atom. The number of H-pyrrole nitrogens is 1. The number of aromatic amines is 1. The van der Waals surface area contributed by atoms with Crippen LogP contribution in [0.15, 0.2) is 16.9 Å². The molecule has 0 saturated carbocycles. The molecule has 1 unspecified atom stereocenters. The first-order valence-corrected chi connectivity index (χ1v) is 9.27. The van der Waals surface area contributed by atoms with Crippen molar-refractivity contribution in [2.24, 2.45) is 5.41 Å². The molecule has 0 spiro atoms. The van der Waals surface area contributed by atoms with Gasteiger partial charge < -0.3 is 19.7 Å². The maximum absolute atomic E-state index is 13.0. The van der Waals surface area contributed by atoms with E-state index in [1.807, 2.05) is 18.9 Å². The molecule has 7 heteroatoms. The van der Waals surface area contributed by atoms with Crippen LogP contribution in [0.2, 0.25) is 0 Å². The Morgan fingerprint density at radius 3 is 2.42 bits per heavy atom. The Morgan fingerprint density at radius 2 is 1.77 bits per heavy atom. The van der Waals surface area contributed by atoms with E-state index in [4.69, 9.17) is 0 Å². The van der Waals surface area contributed by atoms with Crippen molar-refractivity contribution in [3.63, 3.8) is 0 Å². The number of amides is 2. The first-order chi connectivity index (χ1) is 12.3. The molecule has 0 aromatic carbocycles. The fraction of sp³-hybridized carbons (Fsp3) is 0.632. The highest BCUT2D eigenvalue weighted by Crippen LogP contribution is 2.31. The second-order valence-corrected chi connectivity index (χ2v) is 7.87. The molecule has 2 fully saturated rings. The van der Waals surface area contributed by atoms with E-state index >= 15 is 0 Å². The van der Waals surface area contributed by atoms with Crippen LogP contribution in [0.4, 0.5) is 0 Å². The minimum Gasteiger partial charge on any atom is -0.340 e. The molecule has 0 radical (unpaired) electrons. The molecule has 26 heavy (non-hydrogen) atoms. The standard InChI is InChI=1S/C19H28N4O3/c1-14-5-6-15(16(24)20-14)17(25)22-8-4-9-23(12-11-22)18(26)19(2)7-10-21(3)13-19/h5-6H,4,7-13H2,1-3H3,(H,20,24). The number of pyridine rings is 1. The number of nitrogens with zero attached hydrogens (tertiary/aromatic N) is 3. The molecule has 1 aromatic heterocycles. The van der Waals surface area contributed by atoms with Gasteiger partial charge in [0.15, 0.2) is 0 Å². The Bertz CT molecular complexity index is 759. The van der Waals surface area contributed by atoms with Gasteiger partial charge in [-0.3, -0.25) is 14.4 Å². The number of hydrogen-bond acceptors (Lipinski definition) is 4. The molecular formula is C19H28N4O3. The minimum atomic E-state index is -0.353. The van der Waals surface area contributed by atoms with Crippen molar-refractivity contribution in [2.75, 3.05) is 46.3 Å². The van der Waals surface area contributed by atoms with Gasteiger partial charge in [0.05, 0.1) is 5.41 Å². The third kappa shape index (κ3) is 3.67. The average molecular weight is 360 g/mol. The molecular weight excluding hydrogens is 332 g/mol. The van der Waals surface area contributed by atoms with Crippen LogP contribution in [-0.4, -0.2) is 77.8 Å². The largest absolute Gasteiger partial charge is 0.340 e. The number of carbonyl (C=O) groups is 2. The van der Waals surface area contributed by atoms with Crippen molar-refractivity contribution < 1.29 is 9.59 Å².